The molecule has 0 aliphatic heterocycles. The van der Waals surface area contributed by atoms with Crippen molar-refractivity contribution in [1.82, 2.24) is 0 Å². The summed E-state index contributed by atoms with van der Waals surface area (Å²) in [6.07, 6.45) is -5.03. The van der Waals surface area contributed by atoms with Crippen LogP contribution in [0.4, 0.5) is 23.2 Å². The lowest BCUT2D eigenvalue weighted by Crippen LogP contribution is -2.20. The van der Waals surface area contributed by atoms with Gasteiger partial charge in [0.2, 0.25) is 5.91 Å². The lowest BCUT2D eigenvalue weighted by molar-refractivity contribution is -0.274. The number of carbonyl (C=O) groups is 1. The van der Waals surface area contributed by atoms with E-state index in [1.165, 1.54) is 36.4 Å². The fourth-order valence-electron chi connectivity index (χ4n) is 1.81. The van der Waals surface area contributed by atoms with Gasteiger partial charge >= 0.3 is 6.36 Å². The maximum absolute atomic E-state index is 13.0. The summed E-state index contributed by atoms with van der Waals surface area (Å²) in [4.78, 5) is 11.8. The van der Waals surface area contributed by atoms with Crippen LogP contribution in [0, 0.1) is 5.82 Å². The fourth-order valence-corrected chi connectivity index (χ4v) is 1.81. The first-order valence-electron chi connectivity index (χ1n) is 6.22. The highest BCUT2D eigenvalue weighted by Crippen LogP contribution is 2.29. The third-order valence-electron chi connectivity index (χ3n) is 2.64. The van der Waals surface area contributed by atoms with Gasteiger partial charge in [0.15, 0.2) is 5.75 Å². The van der Waals surface area contributed by atoms with Crippen LogP contribution in [-0.4, -0.2) is 12.3 Å². The van der Waals surface area contributed by atoms with Gasteiger partial charge in [0, 0.05) is 0 Å². The molecule has 3 nitrogen and oxygen atoms in total. The molecule has 0 bridgehead atoms. The fraction of sp³-hybridized carbons (Fsp3) is 0.133. The normalized spacial score (nSPS) is 11.1. The van der Waals surface area contributed by atoms with E-state index >= 15 is 0 Å². The highest BCUT2D eigenvalue weighted by molar-refractivity contribution is 5.93. The summed E-state index contributed by atoms with van der Waals surface area (Å²) in [5.74, 6) is -1.59. The van der Waals surface area contributed by atoms with Crippen molar-refractivity contribution in [3.05, 3.63) is 59.9 Å². The quantitative estimate of drug-likeness (QED) is 0.869. The van der Waals surface area contributed by atoms with Crippen LogP contribution in [0.15, 0.2) is 48.5 Å². The molecule has 0 spiro atoms. The van der Waals surface area contributed by atoms with Crippen LogP contribution < -0.4 is 10.1 Å². The van der Waals surface area contributed by atoms with Crippen LogP contribution in [0.5, 0.6) is 5.75 Å². The second-order valence-corrected chi connectivity index (χ2v) is 4.40. The summed E-state index contributed by atoms with van der Waals surface area (Å²) in [7, 11) is 0. The predicted molar refractivity (Wildman–Crippen MR) is 71.9 cm³/mol. The summed E-state index contributed by atoms with van der Waals surface area (Å²) >= 11 is 0. The molecule has 0 saturated carbocycles. The van der Waals surface area contributed by atoms with Crippen LogP contribution in [0.3, 0.4) is 0 Å². The molecule has 0 saturated heterocycles. The lowest BCUT2D eigenvalue weighted by Gasteiger charge is -2.13. The van der Waals surface area contributed by atoms with E-state index in [1.807, 2.05) is 0 Å². The molecular formula is C15H11F4NO2. The molecule has 0 heterocycles. The van der Waals surface area contributed by atoms with Crippen molar-refractivity contribution in [2.75, 3.05) is 5.32 Å². The maximum Gasteiger partial charge on any atom is 0.573 e. The lowest BCUT2D eigenvalue weighted by atomic mass is 10.1. The Balaban J connectivity index is 2.08. The molecule has 7 heteroatoms. The predicted octanol–water partition coefficient (Wildman–Crippen LogP) is 3.91. The molecule has 0 atom stereocenters. The smallest absolute Gasteiger partial charge is 0.404 e. The Morgan fingerprint density at radius 2 is 1.82 bits per heavy atom. The van der Waals surface area contributed by atoms with E-state index in [1.54, 1.807) is 6.07 Å². The van der Waals surface area contributed by atoms with E-state index in [0.29, 0.717) is 5.56 Å². The third-order valence-corrected chi connectivity index (χ3v) is 2.64. The van der Waals surface area contributed by atoms with Crippen LogP contribution in [0.25, 0.3) is 0 Å². The second kappa shape index (κ2) is 6.46. The van der Waals surface area contributed by atoms with Crippen molar-refractivity contribution in [1.29, 1.82) is 0 Å². The minimum atomic E-state index is -4.86. The summed E-state index contributed by atoms with van der Waals surface area (Å²) in [6.45, 7) is 0. The van der Waals surface area contributed by atoms with Gasteiger partial charge in [-0.3, -0.25) is 4.79 Å². The average molecular weight is 313 g/mol. The first kappa shape index (κ1) is 15.8. The van der Waals surface area contributed by atoms with Crippen molar-refractivity contribution < 1.29 is 27.1 Å². The number of alkyl halides is 3. The number of hydrogen-bond donors (Lipinski definition) is 1. The summed E-state index contributed by atoms with van der Waals surface area (Å²) in [6, 6.07) is 10.6. The number of hydrogen-bond acceptors (Lipinski definition) is 2. The first-order valence-corrected chi connectivity index (χ1v) is 6.22. The maximum atomic E-state index is 13.0. The Morgan fingerprint density at radius 1 is 1.09 bits per heavy atom. The van der Waals surface area contributed by atoms with Crippen LogP contribution in [0.1, 0.15) is 5.56 Å². The van der Waals surface area contributed by atoms with Crippen molar-refractivity contribution in [2.24, 2.45) is 0 Å². The molecular weight excluding hydrogens is 302 g/mol. The van der Waals surface area contributed by atoms with Crippen LogP contribution in [-0.2, 0) is 11.2 Å². The number of anilines is 1. The SMILES string of the molecule is O=C(Cc1cccc(F)c1)Nc1ccccc1OC(F)(F)F. The molecule has 116 valence electrons. The van der Waals surface area contributed by atoms with E-state index < -0.39 is 23.8 Å². The molecule has 1 N–H and O–H groups in total. The molecule has 2 aromatic carbocycles. The van der Waals surface area contributed by atoms with Gasteiger partial charge in [-0.15, -0.1) is 13.2 Å². The van der Waals surface area contributed by atoms with Gasteiger partial charge in [0.05, 0.1) is 12.1 Å². The minimum Gasteiger partial charge on any atom is -0.404 e. The zero-order valence-electron chi connectivity index (χ0n) is 11.2. The van der Waals surface area contributed by atoms with E-state index in [-0.39, 0.29) is 12.1 Å². The third kappa shape index (κ3) is 4.76. The molecule has 0 aromatic heterocycles. The summed E-state index contributed by atoms with van der Waals surface area (Å²) in [5.41, 5.74) is 0.299. The number of ether oxygens (including phenoxy) is 1. The monoisotopic (exact) mass is 313 g/mol. The number of amides is 1. The number of para-hydroxylation sites is 2. The molecule has 2 aromatic rings. The highest BCUT2D eigenvalue weighted by atomic mass is 19.4. The summed E-state index contributed by atoms with van der Waals surface area (Å²) < 4.78 is 53.7. The number of rotatable bonds is 4. The van der Waals surface area contributed by atoms with Gasteiger partial charge in [-0.1, -0.05) is 24.3 Å². The molecule has 0 unspecified atom stereocenters. The van der Waals surface area contributed by atoms with E-state index in [2.05, 4.69) is 10.1 Å². The van der Waals surface area contributed by atoms with Gasteiger partial charge in [0.25, 0.3) is 0 Å². The minimum absolute atomic E-state index is 0.110. The molecule has 0 aliphatic rings. The highest BCUT2D eigenvalue weighted by Gasteiger charge is 2.32. The van der Waals surface area contributed by atoms with E-state index in [4.69, 9.17) is 0 Å². The Hall–Kier alpha value is -2.57. The number of carbonyl (C=O) groups excluding carboxylic acids is 1. The number of halogens is 4. The first-order chi connectivity index (χ1) is 10.3. The molecule has 1 amide bonds. The van der Waals surface area contributed by atoms with Gasteiger partial charge < -0.3 is 10.1 Å². The Morgan fingerprint density at radius 3 is 2.50 bits per heavy atom. The molecule has 0 fully saturated rings. The van der Waals surface area contributed by atoms with E-state index in [0.717, 1.165) is 6.07 Å². The van der Waals surface area contributed by atoms with Crippen LogP contribution >= 0.6 is 0 Å². The Bertz CT molecular complexity index is 671. The molecule has 0 radical (unpaired) electrons. The molecule has 22 heavy (non-hydrogen) atoms. The standard InChI is InChI=1S/C15H11F4NO2/c16-11-5-3-4-10(8-11)9-14(21)20-12-6-1-2-7-13(12)22-15(17,18)19/h1-8H,9H2,(H,20,21). The molecule has 0 aliphatic carbocycles. The average Bonchev–Trinajstić information content (AvgIpc) is 2.39. The Labute approximate surface area is 123 Å². The van der Waals surface area contributed by atoms with Crippen molar-refractivity contribution in [3.8, 4) is 5.75 Å². The van der Waals surface area contributed by atoms with Gasteiger partial charge in [-0.05, 0) is 29.8 Å². The zero-order chi connectivity index (χ0) is 16.2. The molecule has 2 rings (SSSR count). The van der Waals surface area contributed by atoms with Gasteiger partial charge in [-0.25, -0.2) is 4.39 Å². The zero-order valence-corrected chi connectivity index (χ0v) is 11.2. The number of benzene rings is 2. The van der Waals surface area contributed by atoms with Crippen molar-refractivity contribution >= 4 is 11.6 Å². The second-order valence-electron chi connectivity index (χ2n) is 4.40. The largest absolute Gasteiger partial charge is 0.573 e. The van der Waals surface area contributed by atoms with Gasteiger partial charge in [-0.2, -0.15) is 0 Å². The Kier molecular flexibility index (Phi) is 4.65. The summed E-state index contributed by atoms with van der Waals surface area (Å²) in [5, 5.41) is 2.31. The van der Waals surface area contributed by atoms with Crippen LogP contribution in [0.2, 0.25) is 0 Å². The van der Waals surface area contributed by atoms with E-state index in [9.17, 15) is 22.4 Å². The number of nitrogens with one attached hydrogen (secondary N) is 1. The topological polar surface area (TPSA) is 38.3 Å². The van der Waals surface area contributed by atoms with Crippen molar-refractivity contribution in [2.45, 2.75) is 12.8 Å². The van der Waals surface area contributed by atoms with Gasteiger partial charge in [0.1, 0.15) is 5.82 Å². The van der Waals surface area contributed by atoms with Crippen molar-refractivity contribution in [3.63, 3.8) is 0 Å².